The van der Waals surface area contributed by atoms with Crippen molar-refractivity contribution in [2.24, 2.45) is 17.8 Å². The second kappa shape index (κ2) is 6.02. The van der Waals surface area contributed by atoms with Gasteiger partial charge in [0.2, 0.25) is 0 Å². The zero-order valence-electron chi connectivity index (χ0n) is 9.66. The van der Waals surface area contributed by atoms with Gasteiger partial charge in [0.15, 0.2) is 0 Å². The van der Waals surface area contributed by atoms with Crippen molar-refractivity contribution in [3.05, 3.63) is 24.3 Å². The third kappa shape index (κ3) is 3.30. The summed E-state index contributed by atoms with van der Waals surface area (Å²) in [6.07, 6.45) is 11.6. The van der Waals surface area contributed by atoms with Gasteiger partial charge in [0.25, 0.3) is 0 Å². The summed E-state index contributed by atoms with van der Waals surface area (Å²) in [4.78, 5) is 0. The first-order valence-electron chi connectivity index (χ1n) is 5.77. The summed E-state index contributed by atoms with van der Waals surface area (Å²) < 4.78 is 0. The van der Waals surface area contributed by atoms with E-state index in [0.29, 0.717) is 5.92 Å². The van der Waals surface area contributed by atoms with Crippen LogP contribution in [0.1, 0.15) is 26.7 Å². The largest absolute Gasteiger partial charge is 0.319 e. The van der Waals surface area contributed by atoms with E-state index in [9.17, 15) is 0 Å². The molecular formula is C13H23N. The monoisotopic (exact) mass is 193 g/mol. The van der Waals surface area contributed by atoms with Crippen LogP contribution in [0.25, 0.3) is 0 Å². The molecule has 0 aromatic rings. The quantitative estimate of drug-likeness (QED) is 0.708. The third-order valence-electron chi connectivity index (χ3n) is 3.24. The van der Waals surface area contributed by atoms with E-state index in [2.05, 4.69) is 43.5 Å². The Labute approximate surface area is 88.3 Å². The molecule has 0 aromatic carbocycles. The highest BCUT2D eigenvalue weighted by Crippen LogP contribution is 2.26. The Hall–Kier alpha value is -0.560. The summed E-state index contributed by atoms with van der Waals surface area (Å²) in [7, 11) is 2.04. The van der Waals surface area contributed by atoms with E-state index in [0.717, 1.165) is 18.4 Å². The van der Waals surface area contributed by atoms with Crippen LogP contribution in [0, 0.1) is 17.8 Å². The Kier molecular flexibility index (Phi) is 4.95. The molecule has 80 valence electrons. The van der Waals surface area contributed by atoms with E-state index >= 15 is 0 Å². The molecule has 3 atom stereocenters. The van der Waals surface area contributed by atoms with E-state index in [-0.39, 0.29) is 0 Å². The molecule has 0 aromatic heterocycles. The van der Waals surface area contributed by atoms with Gasteiger partial charge in [-0.15, -0.1) is 0 Å². The van der Waals surface area contributed by atoms with Crippen LogP contribution >= 0.6 is 0 Å². The van der Waals surface area contributed by atoms with Crippen LogP contribution in [0.15, 0.2) is 24.3 Å². The highest BCUT2D eigenvalue weighted by atomic mass is 14.8. The van der Waals surface area contributed by atoms with E-state index in [1.165, 1.54) is 12.8 Å². The van der Waals surface area contributed by atoms with E-state index in [1.54, 1.807) is 0 Å². The molecule has 0 saturated heterocycles. The molecule has 0 fully saturated rings. The maximum Gasteiger partial charge on any atom is -0.00234 e. The lowest BCUT2D eigenvalue weighted by molar-refractivity contribution is 0.351. The predicted octanol–water partition coefficient (Wildman–Crippen LogP) is 3.00. The topological polar surface area (TPSA) is 12.0 Å². The minimum atomic E-state index is 0.714. The first-order valence-corrected chi connectivity index (χ1v) is 5.77. The van der Waals surface area contributed by atoms with Crippen molar-refractivity contribution in [1.29, 1.82) is 0 Å². The van der Waals surface area contributed by atoms with E-state index in [4.69, 9.17) is 0 Å². The van der Waals surface area contributed by atoms with Crippen LogP contribution in [0.2, 0.25) is 0 Å². The fraction of sp³-hybridized carbons (Fsp3) is 0.692. The van der Waals surface area contributed by atoms with Crippen molar-refractivity contribution >= 4 is 0 Å². The Morgan fingerprint density at radius 1 is 1.29 bits per heavy atom. The lowest BCUT2D eigenvalue weighted by atomic mass is 9.82. The van der Waals surface area contributed by atoms with Crippen molar-refractivity contribution in [2.45, 2.75) is 26.7 Å². The first-order chi connectivity index (χ1) is 6.77. The molecule has 1 aliphatic rings. The van der Waals surface area contributed by atoms with Crippen LogP contribution in [-0.2, 0) is 0 Å². The summed E-state index contributed by atoms with van der Waals surface area (Å²) in [5.41, 5.74) is 0. The molecule has 0 bridgehead atoms. The third-order valence-corrected chi connectivity index (χ3v) is 3.24. The molecule has 0 radical (unpaired) electrons. The second-order valence-electron chi connectivity index (χ2n) is 4.36. The molecule has 0 saturated carbocycles. The first kappa shape index (κ1) is 11.5. The van der Waals surface area contributed by atoms with Gasteiger partial charge in [-0.3, -0.25) is 0 Å². The van der Waals surface area contributed by atoms with Crippen LogP contribution < -0.4 is 5.32 Å². The fourth-order valence-corrected chi connectivity index (χ4v) is 2.13. The molecule has 0 amide bonds. The summed E-state index contributed by atoms with van der Waals surface area (Å²) in [6.45, 7) is 5.75. The summed E-state index contributed by atoms with van der Waals surface area (Å²) in [6, 6.07) is 0. The van der Waals surface area contributed by atoms with Crippen LogP contribution in [0.3, 0.4) is 0 Å². The lowest BCUT2D eigenvalue weighted by Gasteiger charge is -2.25. The van der Waals surface area contributed by atoms with Gasteiger partial charge in [0, 0.05) is 0 Å². The zero-order valence-corrected chi connectivity index (χ0v) is 9.66. The molecule has 0 aliphatic heterocycles. The van der Waals surface area contributed by atoms with Crippen molar-refractivity contribution < 1.29 is 0 Å². The van der Waals surface area contributed by atoms with Gasteiger partial charge in [-0.05, 0) is 37.8 Å². The summed E-state index contributed by atoms with van der Waals surface area (Å²) >= 11 is 0. The zero-order chi connectivity index (χ0) is 10.4. The van der Waals surface area contributed by atoms with Crippen molar-refractivity contribution in [3.8, 4) is 0 Å². The van der Waals surface area contributed by atoms with E-state index < -0.39 is 0 Å². The Balaban J connectivity index is 2.41. The molecule has 1 aliphatic carbocycles. The smallest absolute Gasteiger partial charge is 0.00234 e. The highest BCUT2D eigenvalue weighted by molar-refractivity contribution is 5.13. The molecule has 0 heterocycles. The van der Waals surface area contributed by atoms with Crippen LogP contribution in [0.5, 0.6) is 0 Å². The maximum atomic E-state index is 3.28. The SMILES string of the molecule is CCC(CNC)CC1C=CC=CC1C. The molecule has 1 N–H and O–H groups in total. The molecule has 0 spiro atoms. The highest BCUT2D eigenvalue weighted by Gasteiger charge is 2.17. The number of hydrogen-bond donors (Lipinski definition) is 1. The molecular weight excluding hydrogens is 170 g/mol. The second-order valence-corrected chi connectivity index (χ2v) is 4.36. The van der Waals surface area contributed by atoms with Gasteiger partial charge in [0.1, 0.15) is 0 Å². The minimum Gasteiger partial charge on any atom is -0.319 e. The number of rotatable bonds is 5. The van der Waals surface area contributed by atoms with Gasteiger partial charge < -0.3 is 5.32 Å². The van der Waals surface area contributed by atoms with Crippen molar-refractivity contribution in [1.82, 2.24) is 5.32 Å². The number of hydrogen-bond acceptors (Lipinski definition) is 1. The minimum absolute atomic E-state index is 0.714. The van der Waals surface area contributed by atoms with Crippen LogP contribution in [-0.4, -0.2) is 13.6 Å². The Bertz CT molecular complexity index is 205. The number of allylic oxidation sites excluding steroid dienone is 4. The van der Waals surface area contributed by atoms with E-state index in [1.807, 2.05) is 7.05 Å². The predicted molar refractivity (Wildman–Crippen MR) is 63.3 cm³/mol. The molecule has 1 nitrogen and oxygen atoms in total. The van der Waals surface area contributed by atoms with Crippen molar-refractivity contribution in [2.75, 3.05) is 13.6 Å². The van der Waals surface area contributed by atoms with Gasteiger partial charge in [-0.1, -0.05) is 44.6 Å². The molecule has 1 heteroatoms. The maximum absolute atomic E-state index is 3.28. The van der Waals surface area contributed by atoms with Gasteiger partial charge in [0.05, 0.1) is 0 Å². The molecule has 14 heavy (non-hydrogen) atoms. The number of nitrogens with one attached hydrogen (secondary N) is 1. The Morgan fingerprint density at radius 3 is 2.57 bits per heavy atom. The average molecular weight is 193 g/mol. The van der Waals surface area contributed by atoms with Gasteiger partial charge in [-0.25, -0.2) is 0 Å². The molecule has 3 unspecified atom stereocenters. The average Bonchev–Trinajstić information content (AvgIpc) is 2.20. The lowest BCUT2D eigenvalue weighted by Crippen LogP contribution is -2.22. The van der Waals surface area contributed by atoms with Gasteiger partial charge in [-0.2, -0.15) is 0 Å². The standard InChI is InChI=1S/C13H23N/c1-4-12(10-14-3)9-13-8-6-5-7-11(13)2/h5-8,11-14H,4,9-10H2,1-3H3. The van der Waals surface area contributed by atoms with Gasteiger partial charge >= 0.3 is 0 Å². The normalized spacial score (nSPS) is 27.9. The molecule has 1 rings (SSSR count). The summed E-state index contributed by atoms with van der Waals surface area (Å²) in [5.74, 6) is 2.29. The Morgan fingerprint density at radius 2 is 2.00 bits per heavy atom. The fourth-order valence-electron chi connectivity index (χ4n) is 2.13. The summed E-state index contributed by atoms with van der Waals surface area (Å²) in [5, 5.41) is 3.28. The van der Waals surface area contributed by atoms with Crippen LogP contribution in [0.4, 0.5) is 0 Å². The van der Waals surface area contributed by atoms with Crippen molar-refractivity contribution in [3.63, 3.8) is 0 Å².